The molecule has 0 saturated carbocycles. The summed E-state index contributed by atoms with van der Waals surface area (Å²) in [6.45, 7) is 0.284. The molecule has 0 radical (unpaired) electrons. The van der Waals surface area contributed by atoms with Crippen molar-refractivity contribution in [1.29, 1.82) is 0 Å². The van der Waals surface area contributed by atoms with Crippen LogP contribution in [0.25, 0.3) is 0 Å². The van der Waals surface area contributed by atoms with E-state index in [9.17, 15) is 9.18 Å². The number of benzene rings is 3. The van der Waals surface area contributed by atoms with Crippen LogP contribution in [0.4, 0.5) is 4.39 Å². The van der Waals surface area contributed by atoms with E-state index in [-0.39, 0.29) is 12.4 Å². The van der Waals surface area contributed by atoms with Crippen molar-refractivity contribution in [2.45, 2.75) is 6.61 Å². The van der Waals surface area contributed by atoms with Gasteiger partial charge in [-0.25, -0.2) is 9.82 Å². The Balaban J connectivity index is 1.67. The molecule has 3 aromatic rings. The molecule has 0 spiro atoms. The van der Waals surface area contributed by atoms with Crippen molar-refractivity contribution in [1.82, 2.24) is 5.43 Å². The summed E-state index contributed by atoms with van der Waals surface area (Å²) in [5.74, 6) is 0.349. The first-order valence-corrected chi connectivity index (χ1v) is 9.49. The molecule has 3 rings (SSSR count). The summed E-state index contributed by atoms with van der Waals surface area (Å²) in [5.41, 5.74) is 4.38. The summed E-state index contributed by atoms with van der Waals surface area (Å²) >= 11 is 3.34. The van der Waals surface area contributed by atoms with Gasteiger partial charge < -0.3 is 9.47 Å². The first-order chi connectivity index (χ1) is 14.1. The van der Waals surface area contributed by atoms with E-state index in [1.54, 1.807) is 36.4 Å². The zero-order valence-electron chi connectivity index (χ0n) is 15.6. The zero-order chi connectivity index (χ0) is 20.6. The lowest BCUT2D eigenvalue weighted by molar-refractivity contribution is 0.0952. The number of rotatable bonds is 7. The SMILES string of the molecule is COc1ccc(Br)cc1C(=O)N/N=C\c1ccccc1OCc1ccc(F)cc1. The number of hydrazone groups is 1. The van der Waals surface area contributed by atoms with E-state index >= 15 is 0 Å². The highest BCUT2D eigenvalue weighted by molar-refractivity contribution is 9.10. The lowest BCUT2D eigenvalue weighted by atomic mass is 10.2. The van der Waals surface area contributed by atoms with Crippen molar-refractivity contribution >= 4 is 28.1 Å². The molecule has 0 aromatic heterocycles. The summed E-state index contributed by atoms with van der Waals surface area (Å²) in [6.07, 6.45) is 1.50. The Hall–Kier alpha value is -3.19. The molecule has 0 fully saturated rings. The molecule has 0 atom stereocenters. The fraction of sp³-hybridized carbons (Fsp3) is 0.0909. The Morgan fingerprint density at radius 3 is 2.62 bits per heavy atom. The van der Waals surface area contributed by atoms with E-state index in [1.807, 2.05) is 18.2 Å². The van der Waals surface area contributed by atoms with Gasteiger partial charge in [0, 0.05) is 10.0 Å². The molecule has 1 N–H and O–H groups in total. The fourth-order valence-electron chi connectivity index (χ4n) is 2.54. The number of hydrogen-bond donors (Lipinski definition) is 1. The van der Waals surface area contributed by atoms with E-state index in [1.165, 1.54) is 25.5 Å². The minimum absolute atomic E-state index is 0.284. The summed E-state index contributed by atoms with van der Waals surface area (Å²) < 4.78 is 24.8. The number of carbonyl (C=O) groups is 1. The van der Waals surface area contributed by atoms with Gasteiger partial charge in [0.15, 0.2) is 0 Å². The van der Waals surface area contributed by atoms with Crippen LogP contribution in [-0.2, 0) is 6.61 Å². The highest BCUT2D eigenvalue weighted by Gasteiger charge is 2.12. The Morgan fingerprint density at radius 2 is 1.86 bits per heavy atom. The smallest absolute Gasteiger partial charge is 0.275 e. The van der Waals surface area contributed by atoms with Gasteiger partial charge in [-0.05, 0) is 48.0 Å². The van der Waals surface area contributed by atoms with Crippen LogP contribution in [-0.4, -0.2) is 19.2 Å². The number of methoxy groups -OCH3 is 1. The molecule has 0 heterocycles. The number of amides is 1. The maximum Gasteiger partial charge on any atom is 0.275 e. The molecule has 0 aliphatic rings. The van der Waals surface area contributed by atoms with Crippen molar-refractivity contribution in [3.8, 4) is 11.5 Å². The van der Waals surface area contributed by atoms with Gasteiger partial charge in [-0.15, -0.1) is 0 Å². The van der Waals surface area contributed by atoms with Crippen molar-refractivity contribution in [3.63, 3.8) is 0 Å². The van der Waals surface area contributed by atoms with Crippen LogP contribution in [0, 0.1) is 5.82 Å². The highest BCUT2D eigenvalue weighted by atomic mass is 79.9. The van der Waals surface area contributed by atoms with Gasteiger partial charge in [-0.1, -0.05) is 40.2 Å². The Morgan fingerprint density at radius 1 is 1.10 bits per heavy atom. The second-order valence-corrected chi connectivity index (χ2v) is 6.91. The Kier molecular flexibility index (Phi) is 6.97. The Labute approximate surface area is 176 Å². The normalized spacial score (nSPS) is 10.7. The zero-order valence-corrected chi connectivity index (χ0v) is 17.1. The number of nitrogens with one attached hydrogen (secondary N) is 1. The Bertz CT molecular complexity index is 1020. The van der Waals surface area contributed by atoms with Crippen LogP contribution in [0.3, 0.4) is 0 Å². The summed E-state index contributed by atoms with van der Waals surface area (Å²) in [6, 6.07) is 18.5. The van der Waals surface area contributed by atoms with Crippen molar-refractivity contribution < 1.29 is 18.7 Å². The van der Waals surface area contributed by atoms with Crippen LogP contribution in [0.15, 0.2) is 76.3 Å². The van der Waals surface area contributed by atoms with Gasteiger partial charge in [0.1, 0.15) is 23.9 Å². The predicted octanol–water partition coefficient (Wildman–Crippen LogP) is 4.94. The topological polar surface area (TPSA) is 59.9 Å². The van der Waals surface area contributed by atoms with Crippen LogP contribution >= 0.6 is 15.9 Å². The molecule has 148 valence electrons. The predicted molar refractivity (Wildman–Crippen MR) is 113 cm³/mol. The average molecular weight is 457 g/mol. The third-order valence-electron chi connectivity index (χ3n) is 4.00. The van der Waals surface area contributed by atoms with Crippen LogP contribution in [0.5, 0.6) is 11.5 Å². The number of ether oxygens (including phenoxy) is 2. The summed E-state index contributed by atoms with van der Waals surface area (Å²) in [4.78, 5) is 12.4. The second-order valence-electron chi connectivity index (χ2n) is 6.00. The van der Waals surface area contributed by atoms with Crippen molar-refractivity contribution in [2.75, 3.05) is 7.11 Å². The fourth-order valence-corrected chi connectivity index (χ4v) is 2.90. The van der Waals surface area contributed by atoms with E-state index in [0.29, 0.717) is 22.6 Å². The molecule has 0 saturated heterocycles. The number of hydrogen-bond acceptors (Lipinski definition) is 4. The summed E-state index contributed by atoms with van der Waals surface area (Å²) in [5, 5.41) is 4.03. The molecule has 0 bridgehead atoms. The second kappa shape index (κ2) is 9.84. The van der Waals surface area contributed by atoms with E-state index in [4.69, 9.17) is 9.47 Å². The molecular formula is C22H18BrFN2O3. The third-order valence-corrected chi connectivity index (χ3v) is 4.50. The standard InChI is InChI=1S/C22H18BrFN2O3/c1-28-21-11-8-17(23)12-19(21)22(27)26-25-13-16-4-2-3-5-20(16)29-14-15-6-9-18(24)10-7-15/h2-13H,14H2,1H3,(H,26,27)/b25-13-. The van der Waals surface area contributed by atoms with Gasteiger partial charge in [0.2, 0.25) is 0 Å². The average Bonchev–Trinajstić information content (AvgIpc) is 2.74. The molecule has 7 heteroatoms. The monoisotopic (exact) mass is 456 g/mol. The third kappa shape index (κ3) is 5.65. The molecular weight excluding hydrogens is 439 g/mol. The van der Waals surface area contributed by atoms with E-state index in [2.05, 4.69) is 26.5 Å². The number of carbonyl (C=O) groups excluding carboxylic acids is 1. The molecule has 1 amide bonds. The van der Waals surface area contributed by atoms with Crippen LogP contribution in [0.2, 0.25) is 0 Å². The minimum atomic E-state index is -0.399. The molecule has 5 nitrogen and oxygen atoms in total. The van der Waals surface area contributed by atoms with Crippen LogP contribution < -0.4 is 14.9 Å². The van der Waals surface area contributed by atoms with E-state index < -0.39 is 5.91 Å². The maximum absolute atomic E-state index is 13.0. The number of nitrogens with zero attached hydrogens (tertiary/aromatic N) is 1. The lowest BCUT2D eigenvalue weighted by Crippen LogP contribution is -2.18. The summed E-state index contributed by atoms with van der Waals surface area (Å²) in [7, 11) is 1.50. The maximum atomic E-state index is 13.0. The van der Waals surface area contributed by atoms with Gasteiger partial charge in [0.25, 0.3) is 5.91 Å². The van der Waals surface area contributed by atoms with Crippen molar-refractivity contribution in [3.05, 3.63) is 93.7 Å². The molecule has 0 unspecified atom stereocenters. The van der Waals surface area contributed by atoms with Gasteiger partial charge in [0.05, 0.1) is 18.9 Å². The first-order valence-electron chi connectivity index (χ1n) is 8.70. The number of para-hydroxylation sites is 1. The molecule has 0 aliphatic heterocycles. The highest BCUT2D eigenvalue weighted by Crippen LogP contribution is 2.23. The van der Waals surface area contributed by atoms with E-state index in [0.717, 1.165) is 10.0 Å². The lowest BCUT2D eigenvalue weighted by Gasteiger charge is -2.09. The quantitative estimate of drug-likeness (QED) is 0.404. The molecule has 3 aromatic carbocycles. The molecule has 0 aliphatic carbocycles. The largest absolute Gasteiger partial charge is 0.496 e. The van der Waals surface area contributed by atoms with Crippen LogP contribution in [0.1, 0.15) is 21.5 Å². The van der Waals surface area contributed by atoms with Crippen molar-refractivity contribution in [2.24, 2.45) is 5.10 Å². The minimum Gasteiger partial charge on any atom is -0.496 e. The van der Waals surface area contributed by atoms with Gasteiger partial charge in [-0.3, -0.25) is 4.79 Å². The van der Waals surface area contributed by atoms with Gasteiger partial charge >= 0.3 is 0 Å². The number of halogens is 2. The molecule has 29 heavy (non-hydrogen) atoms. The van der Waals surface area contributed by atoms with Gasteiger partial charge in [-0.2, -0.15) is 5.10 Å². The first kappa shape index (κ1) is 20.5.